The second-order valence-corrected chi connectivity index (χ2v) is 6.81. The van der Waals surface area contributed by atoms with Crippen LogP contribution in [0, 0.1) is 0 Å². The molecule has 1 aromatic rings. The predicted molar refractivity (Wildman–Crippen MR) is 78.6 cm³/mol. The first-order valence-corrected chi connectivity index (χ1v) is 8.47. The average Bonchev–Trinajstić information content (AvgIpc) is 2.97. The summed E-state index contributed by atoms with van der Waals surface area (Å²) in [6.07, 6.45) is 1.03. The Kier molecular flexibility index (Phi) is 5.15. The minimum atomic E-state index is -3.65. The van der Waals surface area contributed by atoms with Crippen molar-refractivity contribution in [3.05, 3.63) is 30.3 Å². The molecule has 1 aliphatic heterocycles. The van der Waals surface area contributed by atoms with Gasteiger partial charge in [-0.15, -0.1) is 0 Å². The van der Waals surface area contributed by atoms with E-state index in [2.05, 4.69) is 4.72 Å². The molecule has 2 N–H and O–H groups in total. The largest absolute Gasteiger partial charge is 0.480 e. The number of benzene rings is 1. The van der Waals surface area contributed by atoms with Gasteiger partial charge < -0.3 is 10.0 Å². The number of carboxylic acid groups (broad SMARTS) is 1. The quantitative estimate of drug-likeness (QED) is 0.789. The van der Waals surface area contributed by atoms with E-state index in [4.69, 9.17) is 5.11 Å². The highest BCUT2D eigenvalue weighted by Gasteiger charge is 2.33. The van der Waals surface area contributed by atoms with Gasteiger partial charge >= 0.3 is 5.97 Å². The van der Waals surface area contributed by atoms with E-state index in [-0.39, 0.29) is 23.8 Å². The Morgan fingerprint density at radius 3 is 2.59 bits per heavy atom. The molecule has 1 aromatic carbocycles. The lowest BCUT2D eigenvalue weighted by atomic mass is 10.2. The molecule has 120 valence electrons. The minimum Gasteiger partial charge on any atom is -0.480 e. The van der Waals surface area contributed by atoms with E-state index in [9.17, 15) is 18.0 Å². The van der Waals surface area contributed by atoms with Crippen molar-refractivity contribution in [2.75, 3.05) is 13.1 Å². The number of sulfonamides is 1. The third-order valence-corrected chi connectivity index (χ3v) is 5.02. The number of amides is 1. The van der Waals surface area contributed by atoms with Crippen molar-refractivity contribution in [3.63, 3.8) is 0 Å². The summed E-state index contributed by atoms with van der Waals surface area (Å²) in [6.45, 7) is 0.347. The van der Waals surface area contributed by atoms with Crippen molar-refractivity contribution in [2.45, 2.75) is 30.2 Å². The molecular weight excluding hydrogens is 308 g/mol. The van der Waals surface area contributed by atoms with E-state index in [0.717, 1.165) is 0 Å². The van der Waals surface area contributed by atoms with Gasteiger partial charge in [-0.25, -0.2) is 17.9 Å². The van der Waals surface area contributed by atoms with Crippen LogP contribution in [0.15, 0.2) is 35.2 Å². The molecule has 1 unspecified atom stereocenters. The number of hydrogen-bond donors (Lipinski definition) is 2. The van der Waals surface area contributed by atoms with Crippen LogP contribution in [0.5, 0.6) is 0 Å². The first kappa shape index (κ1) is 16.4. The van der Waals surface area contributed by atoms with E-state index in [1.807, 2.05) is 0 Å². The van der Waals surface area contributed by atoms with Gasteiger partial charge in [-0.1, -0.05) is 18.2 Å². The summed E-state index contributed by atoms with van der Waals surface area (Å²) in [4.78, 5) is 24.5. The number of likely N-dealkylation sites (tertiary alicyclic amines) is 1. The van der Waals surface area contributed by atoms with Gasteiger partial charge in [0, 0.05) is 19.5 Å². The van der Waals surface area contributed by atoms with E-state index < -0.39 is 22.0 Å². The lowest BCUT2D eigenvalue weighted by Crippen LogP contribution is -2.41. The summed E-state index contributed by atoms with van der Waals surface area (Å²) in [5, 5.41) is 9.03. The van der Waals surface area contributed by atoms with E-state index >= 15 is 0 Å². The average molecular weight is 326 g/mol. The maximum absolute atomic E-state index is 12.0. The molecule has 1 amide bonds. The third kappa shape index (κ3) is 3.83. The zero-order chi connectivity index (χ0) is 16.2. The van der Waals surface area contributed by atoms with Gasteiger partial charge in [0.1, 0.15) is 6.04 Å². The van der Waals surface area contributed by atoms with Crippen molar-refractivity contribution in [3.8, 4) is 0 Å². The van der Waals surface area contributed by atoms with Gasteiger partial charge in [0.05, 0.1) is 4.90 Å². The molecule has 0 radical (unpaired) electrons. The van der Waals surface area contributed by atoms with E-state index in [1.54, 1.807) is 18.2 Å². The molecule has 2 rings (SSSR count). The molecule has 0 saturated carbocycles. The van der Waals surface area contributed by atoms with Crippen LogP contribution in [0.25, 0.3) is 0 Å². The van der Waals surface area contributed by atoms with Gasteiger partial charge in [0.15, 0.2) is 0 Å². The molecule has 7 nitrogen and oxygen atoms in total. The number of nitrogens with one attached hydrogen (secondary N) is 1. The molecule has 0 aliphatic carbocycles. The number of hydrogen-bond acceptors (Lipinski definition) is 4. The molecule has 0 aromatic heterocycles. The normalized spacial score (nSPS) is 18.4. The van der Waals surface area contributed by atoms with Crippen LogP contribution in [-0.4, -0.2) is 49.4 Å². The van der Waals surface area contributed by atoms with Crippen LogP contribution in [0.4, 0.5) is 0 Å². The second-order valence-electron chi connectivity index (χ2n) is 5.04. The highest BCUT2D eigenvalue weighted by atomic mass is 32.2. The summed E-state index contributed by atoms with van der Waals surface area (Å²) < 4.78 is 26.3. The molecule has 1 saturated heterocycles. The number of carbonyl (C=O) groups excluding carboxylic acids is 1. The number of carbonyl (C=O) groups is 2. The van der Waals surface area contributed by atoms with Gasteiger partial charge in [-0.2, -0.15) is 0 Å². The standard InChI is InChI=1S/C14H18N2O5S/c17-13(16-10-4-7-12(16)14(18)19)8-9-15-22(20,21)11-5-2-1-3-6-11/h1-3,5-6,12,15H,4,7-10H2,(H,18,19). The SMILES string of the molecule is O=C(O)C1CCCN1C(=O)CCNS(=O)(=O)c1ccccc1. The Balaban J connectivity index is 1.88. The maximum Gasteiger partial charge on any atom is 0.326 e. The Morgan fingerprint density at radius 2 is 1.95 bits per heavy atom. The summed E-state index contributed by atoms with van der Waals surface area (Å²) in [5.41, 5.74) is 0. The van der Waals surface area contributed by atoms with E-state index in [0.29, 0.717) is 19.4 Å². The van der Waals surface area contributed by atoms with Gasteiger partial charge in [-0.05, 0) is 25.0 Å². The number of rotatable bonds is 6. The van der Waals surface area contributed by atoms with Crippen molar-refractivity contribution in [2.24, 2.45) is 0 Å². The second kappa shape index (κ2) is 6.89. The first-order valence-electron chi connectivity index (χ1n) is 6.99. The minimum absolute atomic E-state index is 0.0566. The zero-order valence-electron chi connectivity index (χ0n) is 11.9. The van der Waals surface area contributed by atoms with Crippen LogP contribution in [-0.2, 0) is 19.6 Å². The van der Waals surface area contributed by atoms with Crippen LogP contribution in [0.1, 0.15) is 19.3 Å². The fourth-order valence-corrected chi connectivity index (χ4v) is 3.49. The lowest BCUT2D eigenvalue weighted by Gasteiger charge is -2.21. The summed E-state index contributed by atoms with van der Waals surface area (Å²) in [5.74, 6) is -1.36. The summed E-state index contributed by atoms with van der Waals surface area (Å²) in [7, 11) is -3.65. The first-order chi connectivity index (χ1) is 10.4. The third-order valence-electron chi connectivity index (χ3n) is 3.54. The van der Waals surface area contributed by atoms with Gasteiger partial charge in [0.25, 0.3) is 0 Å². The van der Waals surface area contributed by atoms with Crippen molar-refractivity contribution >= 4 is 21.9 Å². The van der Waals surface area contributed by atoms with Crippen molar-refractivity contribution in [1.29, 1.82) is 0 Å². The Bertz CT molecular complexity index is 644. The van der Waals surface area contributed by atoms with Crippen molar-refractivity contribution < 1.29 is 23.1 Å². The number of aliphatic carboxylic acids is 1. The van der Waals surface area contributed by atoms with E-state index in [1.165, 1.54) is 17.0 Å². The molecule has 1 fully saturated rings. The molecule has 0 bridgehead atoms. The Labute approximate surface area is 129 Å². The summed E-state index contributed by atoms with van der Waals surface area (Å²) in [6, 6.07) is 7.07. The molecule has 22 heavy (non-hydrogen) atoms. The van der Waals surface area contributed by atoms with Crippen molar-refractivity contribution in [1.82, 2.24) is 9.62 Å². The number of carboxylic acids is 1. The molecule has 1 heterocycles. The highest BCUT2D eigenvalue weighted by Crippen LogP contribution is 2.18. The monoisotopic (exact) mass is 326 g/mol. The molecule has 8 heteroatoms. The van der Waals surface area contributed by atoms with Crippen LogP contribution >= 0.6 is 0 Å². The molecule has 0 spiro atoms. The zero-order valence-corrected chi connectivity index (χ0v) is 12.8. The smallest absolute Gasteiger partial charge is 0.326 e. The highest BCUT2D eigenvalue weighted by molar-refractivity contribution is 7.89. The molecule has 1 atom stereocenters. The lowest BCUT2D eigenvalue weighted by molar-refractivity contribution is -0.148. The fourth-order valence-electron chi connectivity index (χ4n) is 2.44. The Morgan fingerprint density at radius 1 is 1.27 bits per heavy atom. The van der Waals surface area contributed by atoms with Crippen LogP contribution in [0.3, 0.4) is 0 Å². The fraction of sp³-hybridized carbons (Fsp3) is 0.429. The molecule has 1 aliphatic rings. The molecular formula is C14H18N2O5S. The topological polar surface area (TPSA) is 104 Å². The van der Waals surface area contributed by atoms with Gasteiger partial charge in [-0.3, -0.25) is 4.79 Å². The summed E-state index contributed by atoms with van der Waals surface area (Å²) >= 11 is 0. The van der Waals surface area contributed by atoms with Crippen LogP contribution < -0.4 is 4.72 Å². The number of nitrogens with zero attached hydrogens (tertiary/aromatic N) is 1. The van der Waals surface area contributed by atoms with Gasteiger partial charge in [0.2, 0.25) is 15.9 Å². The Hall–Kier alpha value is -1.93. The van der Waals surface area contributed by atoms with Crippen LogP contribution in [0.2, 0.25) is 0 Å². The predicted octanol–water partition coefficient (Wildman–Crippen LogP) is 0.431. The maximum atomic E-state index is 12.0.